The number of phenolic OH excluding ortho intramolecular Hbond substituents is 1. The van der Waals surface area contributed by atoms with Gasteiger partial charge in [0.1, 0.15) is 5.75 Å². The zero-order valence-electron chi connectivity index (χ0n) is 9.65. The highest BCUT2D eigenvalue weighted by Crippen LogP contribution is 2.21. The normalized spacial score (nSPS) is 18.2. The van der Waals surface area contributed by atoms with Gasteiger partial charge in [0.2, 0.25) is 0 Å². The monoisotopic (exact) mass is 220 g/mol. The van der Waals surface area contributed by atoms with Crippen molar-refractivity contribution in [2.75, 3.05) is 18.8 Å². The van der Waals surface area contributed by atoms with Gasteiger partial charge in [-0.3, -0.25) is 4.90 Å². The van der Waals surface area contributed by atoms with E-state index in [1.807, 2.05) is 0 Å². The van der Waals surface area contributed by atoms with Crippen LogP contribution in [0.2, 0.25) is 0 Å². The number of anilines is 1. The Bertz CT molecular complexity index is 344. The van der Waals surface area contributed by atoms with E-state index in [9.17, 15) is 5.11 Å². The maximum atomic E-state index is 9.45. The molecule has 1 aromatic carbocycles. The molecule has 1 aliphatic rings. The summed E-state index contributed by atoms with van der Waals surface area (Å²) in [7, 11) is 0. The lowest BCUT2D eigenvalue weighted by atomic mass is 10.1. The molecular weight excluding hydrogens is 200 g/mol. The zero-order chi connectivity index (χ0) is 11.4. The summed E-state index contributed by atoms with van der Waals surface area (Å²) in [6.45, 7) is 3.16. The van der Waals surface area contributed by atoms with Crippen LogP contribution in [0.3, 0.4) is 0 Å². The van der Waals surface area contributed by atoms with Crippen LogP contribution in [-0.4, -0.2) is 23.1 Å². The van der Waals surface area contributed by atoms with E-state index < -0.39 is 0 Å². The average Bonchev–Trinajstić information content (AvgIpc) is 2.52. The van der Waals surface area contributed by atoms with Crippen molar-refractivity contribution in [3.05, 3.63) is 23.8 Å². The van der Waals surface area contributed by atoms with Gasteiger partial charge in [-0.05, 0) is 49.7 Å². The Morgan fingerprint density at radius 1 is 1.12 bits per heavy atom. The first-order chi connectivity index (χ1) is 7.75. The largest absolute Gasteiger partial charge is 0.508 e. The van der Waals surface area contributed by atoms with Crippen LogP contribution >= 0.6 is 0 Å². The molecule has 1 aliphatic heterocycles. The smallest absolute Gasteiger partial charge is 0.116 e. The lowest BCUT2D eigenvalue weighted by Crippen LogP contribution is -2.24. The van der Waals surface area contributed by atoms with Crippen LogP contribution in [0.25, 0.3) is 0 Å². The first-order valence-electron chi connectivity index (χ1n) is 6.05. The fourth-order valence-electron chi connectivity index (χ4n) is 2.26. The summed E-state index contributed by atoms with van der Waals surface area (Å²) < 4.78 is 0. The second-order valence-electron chi connectivity index (χ2n) is 4.57. The third-order valence-corrected chi connectivity index (χ3v) is 3.22. The van der Waals surface area contributed by atoms with Crippen molar-refractivity contribution in [2.45, 2.75) is 32.2 Å². The number of nitrogens with zero attached hydrogens (tertiary/aromatic N) is 1. The molecule has 3 heteroatoms. The van der Waals surface area contributed by atoms with Crippen LogP contribution in [0.5, 0.6) is 5.75 Å². The number of likely N-dealkylation sites (tertiary alicyclic amines) is 1. The maximum absolute atomic E-state index is 9.45. The summed E-state index contributed by atoms with van der Waals surface area (Å²) in [4.78, 5) is 2.43. The maximum Gasteiger partial charge on any atom is 0.116 e. The molecular formula is C13H20N2O. The summed E-state index contributed by atoms with van der Waals surface area (Å²) in [5.74, 6) is 0.305. The fourth-order valence-corrected chi connectivity index (χ4v) is 2.26. The molecule has 0 atom stereocenters. The van der Waals surface area contributed by atoms with Crippen LogP contribution in [0.1, 0.15) is 31.2 Å². The molecule has 16 heavy (non-hydrogen) atoms. The van der Waals surface area contributed by atoms with Gasteiger partial charge < -0.3 is 10.8 Å². The van der Waals surface area contributed by atoms with Crippen molar-refractivity contribution < 1.29 is 5.11 Å². The van der Waals surface area contributed by atoms with E-state index in [-0.39, 0.29) is 0 Å². The molecule has 2 rings (SSSR count). The van der Waals surface area contributed by atoms with Crippen molar-refractivity contribution in [3.8, 4) is 5.75 Å². The quantitative estimate of drug-likeness (QED) is 0.594. The number of hydrogen-bond donors (Lipinski definition) is 2. The third kappa shape index (κ3) is 2.89. The minimum atomic E-state index is 0.305. The molecule has 1 aromatic rings. The molecule has 0 saturated carbocycles. The SMILES string of the molecule is Nc1ccc(O)cc1CN1CCCCCC1. The molecule has 3 nitrogen and oxygen atoms in total. The number of phenols is 1. The predicted molar refractivity (Wildman–Crippen MR) is 66.3 cm³/mol. The highest BCUT2D eigenvalue weighted by atomic mass is 16.3. The molecule has 0 amide bonds. The Morgan fingerprint density at radius 2 is 1.81 bits per heavy atom. The van der Waals surface area contributed by atoms with Crippen molar-refractivity contribution in [1.29, 1.82) is 0 Å². The molecule has 0 aliphatic carbocycles. The van der Waals surface area contributed by atoms with E-state index in [4.69, 9.17) is 5.73 Å². The van der Waals surface area contributed by atoms with Gasteiger partial charge in [-0.15, -0.1) is 0 Å². The van der Waals surface area contributed by atoms with Crippen LogP contribution in [0, 0.1) is 0 Å². The molecule has 88 valence electrons. The molecule has 1 heterocycles. The van der Waals surface area contributed by atoms with Crippen LogP contribution < -0.4 is 5.73 Å². The van der Waals surface area contributed by atoms with Gasteiger partial charge in [0.05, 0.1) is 0 Å². The third-order valence-electron chi connectivity index (χ3n) is 3.22. The van der Waals surface area contributed by atoms with Gasteiger partial charge in [0, 0.05) is 12.2 Å². The zero-order valence-corrected chi connectivity index (χ0v) is 9.65. The molecule has 0 spiro atoms. The minimum Gasteiger partial charge on any atom is -0.508 e. The van der Waals surface area contributed by atoms with Crippen LogP contribution in [0.15, 0.2) is 18.2 Å². The molecule has 0 unspecified atom stereocenters. The first-order valence-corrected chi connectivity index (χ1v) is 6.05. The topological polar surface area (TPSA) is 49.5 Å². The lowest BCUT2D eigenvalue weighted by molar-refractivity contribution is 0.277. The lowest BCUT2D eigenvalue weighted by Gasteiger charge is -2.20. The highest BCUT2D eigenvalue weighted by molar-refractivity contribution is 5.50. The summed E-state index contributed by atoms with van der Waals surface area (Å²) in [6, 6.07) is 5.20. The minimum absolute atomic E-state index is 0.305. The van der Waals surface area contributed by atoms with Crippen molar-refractivity contribution in [1.82, 2.24) is 4.90 Å². The molecule has 1 saturated heterocycles. The van der Waals surface area contributed by atoms with Crippen molar-refractivity contribution >= 4 is 5.69 Å². The van der Waals surface area contributed by atoms with Gasteiger partial charge in [0.25, 0.3) is 0 Å². The molecule has 0 radical (unpaired) electrons. The first kappa shape index (κ1) is 11.3. The van der Waals surface area contributed by atoms with E-state index in [0.717, 1.165) is 30.9 Å². The number of nitrogens with two attached hydrogens (primary N) is 1. The molecule has 0 aromatic heterocycles. The van der Waals surface area contributed by atoms with E-state index >= 15 is 0 Å². The van der Waals surface area contributed by atoms with Gasteiger partial charge in [0.15, 0.2) is 0 Å². The Kier molecular flexibility index (Phi) is 3.67. The van der Waals surface area contributed by atoms with E-state index in [1.54, 1.807) is 18.2 Å². The number of aromatic hydroxyl groups is 1. The molecule has 3 N–H and O–H groups in total. The van der Waals surface area contributed by atoms with Gasteiger partial charge in [-0.2, -0.15) is 0 Å². The summed E-state index contributed by atoms with van der Waals surface area (Å²) in [5, 5.41) is 9.45. The van der Waals surface area contributed by atoms with Crippen LogP contribution in [0.4, 0.5) is 5.69 Å². The number of benzene rings is 1. The summed E-state index contributed by atoms with van der Waals surface area (Å²) >= 11 is 0. The predicted octanol–water partition coefficient (Wildman–Crippen LogP) is 2.35. The van der Waals surface area contributed by atoms with E-state index in [0.29, 0.717) is 5.75 Å². The average molecular weight is 220 g/mol. The molecule has 1 fully saturated rings. The van der Waals surface area contributed by atoms with E-state index in [1.165, 1.54) is 25.7 Å². The number of hydrogen-bond acceptors (Lipinski definition) is 3. The van der Waals surface area contributed by atoms with Crippen molar-refractivity contribution in [2.24, 2.45) is 0 Å². The summed E-state index contributed by atoms with van der Waals surface area (Å²) in [5.41, 5.74) is 7.73. The van der Waals surface area contributed by atoms with Gasteiger partial charge in [-0.1, -0.05) is 12.8 Å². The second kappa shape index (κ2) is 5.21. The van der Waals surface area contributed by atoms with Crippen molar-refractivity contribution in [3.63, 3.8) is 0 Å². The fraction of sp³-hybridized carbons (Fsp3) is 0.538. The highest BCUT2D eigenvalue weighted by Gasteiger charge is 2.11. The Labute approximate surface area is 96.9 Å². The number of rotatable bonds is 2. The Hall–Kier alpha value is -1.22. The Morgan fingerprint density at radius 3 is 2.50 bits per heavy atom. The van der Waals surface area contributed by atoms with Gasteiger partial charge >= 0.3 is 0 Å². The molecule has 0 bridgehead atoms. The second-order valence-corrected chi connectivity index (χ2v) is 4.57. The number of nitrogen functional groups attached to an aromatic ring is 1. The van der Waals surface area contributed by atoms with E-state index in [2.05, 4.69) is 4.90 Å². The standard InChI is InChI=1S/C13H20N2O/c14-13-6-5-12(16)9-11(13)10-15-7-3-1-2-4-8-15/h5-6,9,16H,1-4,7-8,10,14H2. The van der Waals surface area contributed by atoms with Crippen LogP contribution in [-0.2, 0) is 6.54 Å². The Balaban J connectivity index is 2.04. The van der Waals surface area contributed by atoms with Gasteiger partial charge in [-0.25, -0.2) is 0 Å². The summed E-state index contributed by atoms with van der Waals surface area (Å²) in [6.07, 6.45) is 5.23.